The fourth-order valence-corrected chi connectivity index (χ4v) is 2.80. The molecule has 0 spiro atoms. The molecular weight excluding hydrogens is 268 g/mol. The van der Waals surface area contributed by atoms with E-state index in [0.29, 0.717) is 12.2 Å². The molecule has 0 bridgehead atoms. The minimum absolute atomic E-state index is 0.0733. The molecule has 0 unspecified atom stereocenters. The third kappa shape index (κ3) is 2.45. The lowest BCUT2D eigenvalue weighted by Crippen LogP contribution is -2.31. The minimum Gasteiger partial charge on any atom is -0.270 e. The standard InChI is InChI=1S/C8H11BrN2O2S/c1-2-11(14(12,13)7-9)8-3-5-10-6-4-8/h3-6H,2,7H2,1H3. The van der Waals surface area contributed by atoms with E-state index in [1.54, 1.807) is 31.5 Å². The molecule has 6 heteroatoms. The van der Waals surface area contributed by atoms with Crippen LogP contribution in [0.15, 0.2) is 24.5 Å². The van der Waals surface area contributed by atoms with Crippen LogP contribution in [-0.4, -0.2) is 24.6 Å². The molecule has 1 heterocycles. The van der Waals surface area contributed by atoms with Gasteiger partial charge in [-0.1, -0.05) is 15.9 Å². The van der Waals surface area contributed by atoms with Crippen molar-refractivity contribution < 1.29 is 8.42 Å². The number of hydrogen-bond acceptors (Lipinski definition) is 3. The quantitative estimate of drug-likeness (QED) is 0.786. The van der Waals surface area contributed by atoms with Crippen LogP contribution >= 0.6 is 15.9 Å². The Kier molecular flexibility index (Phi) is 3.88. The van der Waals surface area contributed by atoms with Crippen LogP contribution in [-0.2, 0) is 10.0 Å². The lowest BCUT2D eigenvalue weighted by Gasteiger charge is -2.20. The highest BCUT2D eigenvalue weighted by Gasteiger charge is 2.18. The maximum atomic E-state index is 11.6. The molecule has 0 saturated carbocycles. The van der Waals surface area contributed by atoms with Crippen molar-refractivity contribution >= 4 is 31.6 Å². The van der Waals surface area contributed by atoms with Crippen LogP contribution in [0.1, 0.15) is 6.92 Å². The average Bonchev–Trinajstić information content (AvgIpc) is 2.20. The van der Waals surface area contributed by atoms with E-state index in [-0.39, 0.29) is 4.66 Å². The molecule has 0 radical (unpaired) electrons. The summed E-state index contributed by atoms with van der Waals surface area (Å²) in [5.74, 6) is 0. The Morgan fingerprint density at radius 3 is 2.43 bits per heavy atom. The summed E-state index contributed by atoms with van der Waals surface area (Å²) >= 11 is 2.96. The molecule has 1 aromatic heterocycles. The van der Waals surface area contributed by atoms with Gasteiger partial charge in [-0.25, -0.2) is 8.42 Å². The summed E-state index contributed by atoms with van der Waals surface area (Å²) in [5.41, 5.74) is 0.641. The topological polar surface area (TPSA) is 50.3 Å². The fraction of sp³-hybridized carbons (Fsp3) is 0.375. The van der Waals surface area contributed by atoms with Gasteiger partial charge in [0.2, 0.25) is 10.0 Å². The van der Waals surface area contributed by atoms with E-state index < -0.39 is 10.0 Å². The number of rotatable bonds is 4. The zero-order valence-electron chi connectivity index (χ0n) is 7.72. The van der Waals surface area contributed by atoms with E-state index in [1.807, 2.05) is 0 Å². The largest absolute Gasteiger partial charge is 0.270 e. The van der Waals surface area contributed by atoms with Crippen LogP contribution in [0.2, 0.25) is 0 Å². The third-order valence-electron chi connectivity index (χ3n) is 1.71. The summed E-state index contributed by atoms with van der Waals surface area (Å²) in [7, 11) is -3.24. The first-order chi connectivity index (χ1) is 6.61. The van der Waals surface area contributed by atoms with Gasteiger partial charge in [0, 0.05) is 18.9 Å². The summed E-state index contributed by atoms with van der Waals surface area (Å²) in [6.07, 6.45) is 3.14. The van der Waals surface area contributed by atoms with Crippen LogP contribution in [0.5, 0.6) is 0 Å². The molecule has 0 aliphatic rings. The summed E-state index contributed by atoms with van der Waals surface area (Å²) in [5, 5.41) is 0. The molecule has 0 atom stereocenters. The Morgan fingerprint density at radius 1 is 1.43 bits per heavy atom. The molecule has 1 aromatic rings. The van der Waals surface area contributed by atoms with Gasteiger partial charge in [-0.3, -0.25) is 9.29 Å². The van der Waals surface area contributed by atoms with Gasteiger partial charge in [0.15, 0.2) is 0 Å². The van der Waals surface area contributed by atoms with E-state index in [1.165, 1.54) is 4.31 Å². The number of alkyl halides is 1. The van der Waals surface area contributed by atoms with Gasteiger partial charge in [-0.05, 0) is 19.1 Å². The molecular formula is C8H11BrN2O2S. The molecule has 0 N–H and O–H groups in total. The number of sulfonamides is 1. The van der Waals surface area contributed by atoms with Crippen molar-refractivity contribution in [3.05, 3.63) is 24.5 Å². The second-order valence-electron chi connectivity index (χ2n) is 2.59. The Bertz CT molecular complexity index is 380. The van der Waals surface area contributed by atoms with E-state index in [4.69, 9.17) is 0 Å². The number of pyridine rings is 1. The summed E-state index contributed by atoms with van der Waals surface area (Å²) in [6, 6.07) is 3.34. The van der Waals surface area contributed by atoms with Gasteiger partial charge in [-0.2, -0.15) is 0 Å². The fourth-order valence-electron chi connectivity index (χ4n) is 1.11. The first kappa shape index (κ1) is 11.5. The lowest BCUT2D eigenvalue weighted by atomic mass is 10.4. The predicted molar refractivity (Wildman–Crippen MR) is 60.0 cm³/mol. The highest BCUT2D eigenvalue weighted by atomic mass is 79.9. The number of halogens is 1. The molecule has 1 rings (SSSR count). The summed E-state index contributed by atoms with van der Waals surface area (Å²) < 4.78 is 24.4. The smallest absolute Gasteiger partial charge is 0.245 e. The minimum atomic E-state index is -3.24. The second-order valence-corrected chi connectivity index (χ2v) is 5.79. The number of anilines is 1. The molecule has 14 heavy (non-hydrogen) atoms. The van der Waals surface area contributed by atoms with Crippen molar-refractivity contribution in [2.75, 3.05) is 15.5 Å². The Labute approximate surface area is 92.1 Å². The molecule has 0 saturated heterocycles. The summed E-state index contributed by atoms with van der Waals surface area (Å²) in [6.45, 7) is 2.21. The maximum absolute atomic E-state index is 11.6. The Morgan fingerprint density at radius 2 is 2.00 bits per heavy atom. The summed E-state index contributed by atoms with van der Waals surface area (Å²) in [4.78, 5) is 3.84. The number of aromatic nitrogens is 1. The van der Waals surface area contributed by atoms with Crippen molar-refractivity contribution in [1.29, 1.82) is 0 Å². The van der Waals surface area contributed by atoms with Gasteiger partial charge in [0.05, 0.1) is 5.69 Å². The molecule has 0 aliphatic heterocycles. The molecule has 0 amide bonds. The molecule has 4 nitrogen and oxygen atoms in total. The zero-order chi connectivity index (χ0) is 10.6. The van der Waals surface area contributed by atoms with E-state index in [2.05, 4.69) is 20.9 Å². The van der Waals surface area contributed by atoms with E-state index in [9.17, 15) is 8.42 Å². The first-order valence-electron chi connectivity index (χ1n) is 4.08. The van der Waals surface area contributed by atoms with Crippen LogP contribution in [0.3, 0.4) is 0 Å². The lowest BCUT2D eigenvalue weighted by molar-refractivity contribution is 0.597. The van der Waals surface area contributed by atoms with Gasteiger partial charge in [0.25, 0.3) is 0 Å². The van der Waals surface area contributed by atoms with E-state index in [0.717, 1.165) is 0 Å². The van der Waals surface area contributed by atoms with Gasteiger partial charge in [0.1, 0.15) is 4.66 Å². The molecule has 0 fully saturated rings. The predicted octanol–water partition coefficient (Wildman–Crippen LogP) is 1.59. The highest BCUT2D eigenvalue weighted by molar-refractivity contribution is 9.10. The maximum Gasteiger partial charge on any atom is 0.245 e. The average molecular weight is 279 g/mol. The molecule has 0 aromatic carbocycles. The van der Waals surface area contributed by atoms with E-state index >= 15 is 0 Å². The van der Waals surface area contributed by atoms with Gasteiger partial charge >= 0.3 is 0 Å². The van der Waals surface area contributed by atoms with Crippen molar-refractivity contribution in [3.8, 4) is 0 Å². The third-order valence-corrected chi connectivity index (χ3v) is 4.86. The monoisotopic (exact) mass is 278 g/mol. The second kappa shape index (κ2) is 4.75. The Balaban J connectivity index is 3.06. The molecule has 0 aliphatic carbocycles. The SMILES string of the molecule is CCN(c1ccncc1)S(=O)(=O)CBr. The van der Waals surface area contributed by atoms with Crippen molar-refractivity contribution in [1.82, 2.24) is 4.98 Å². The number of nitrogens with zero attached hydrogens (tertiary/aromatic N) is 2. The van der Waals surface area contributed by atoms with Crippen LogP contribution in [0.4, 0.5) is 5.69 Å². The highest BCUT2D eigenvalue weighted by Crippen LogP contribution is 2.17. The van der Waals surface area contributed by atoms with Crippen LogP contribution in [0.25, 0.3) is 0 Å². The Hall–Kier alpha value is -0.620. The zero-order valence-corrected chi connectivity index (χ0v) is 10.1. The first-order valence-corrected chi connectivity index (χ1v) is 6.81. The normalized spacial score (nSPS) is 11.3. The molecule has 78 valence electrons. The van der Waals surface area contributed by atoms with Crippen molar-refractivity contribution in [2.24, 2.45) is 0 Å². The van der Waals surface area contributed by atoms with Crippen molar-refractivity contribution in [3.63, 3.8) is 0 Å². The van der Waals surface area contributed by atoms with Gasteiger partial charge in [-0.15, -0.1) is 0 Å². The van der Waals surface area contributed by atoms with Crippen LogP contribution in [0, 0.1) is 0 Å². The number of hydrogen-bond donors (Lipinski definition) is 0. The van der Waals surface area contributed by atoms with Crippen molar-refractivity contribution in [2.45, 2.75) is 6.92 Å². The van der Waals surface area contributed by atoms with Gasteiger partial charge < -0.3 is 0 Å². The van der Waals surface area contributed by atoms with Crippen LogP contribution < -0.4 is 4.31 Å².